The molecule has 3 aliphatic heterocycles. The predicted molar refractivity (Wildman–Crippen MR) is 145 cm³/mol. The summed E-state index contributed by atoms with van der Waals surface area (Å²) < 4.78 is 5.58. The highest BCUT2D eigenvalue weighted by atomic mass is 16.5. The third-order valence-corrected chi connectivity index (χ3v) is 7.49. The summed E-state index contributed by atoms with van der Waals surface area (Å²) in [5.74, 6) is 2.82. The molecule has 9 heteroatoms. The maximum absolute atomic E-state index is 11.7. The topological polar surface area (TPSA) is 77.9 Å². The molecule has 2 fully saturated rings. The minimum atomic E-state index is 0.134. The lowest BCUT2D eigenvalue weighted by Crippen LogP contribution is -2.48. The zero-order valence-corrected chi connectivity index (χ0v) is 21.6. The van der Waals surface area contributed by atoms with E-state index < -0.39 is 0 Å². The Hall–Kier alpha value is -3.72. The number of rotatable bonds is 4. The van der Waals surface area contributed by atoms with Crippen molar-refractivity contribution in [1.29, 1.82) is 0 Å². The lowest BCUT2D eigenvalue weighted by Gasteiger charge is -2.35. The van der Waals surface area contributed by atoms with E-state index in [2.05, 4.69) is 63.0 Å². The summed E-state index contributed by atoms with van der Waals surface area (Å²) in [6.45, 7) is 10.6. The van der Waals surface area contributed by atoms with E-state index in [0.29, 0.717) is 13.2 Å². The summed E-state index contributed by atoms with van der Waals surface area (Å²) in [6.07, 6.45) is 2.77. The highest BCUT2D eigenvalue weighted by Crippen LogP contribution is 2.40. The number of aryl methyl sites for hydroxylation is 1. The van der Waals surface area contributed by atoms with Gasteiger partial charge in [0, 0.05) is 81.8 Å². The molecule has 0 spiro atoms. The highest BCUT2D eigenvalue weighted by molar-refractivity contribution is 5.78. The fourth-order valence-corrected chi connectivity index (χ4v) is 5.43. The number of carbonyl (C=O) groups excluding carboxylic acids is 1. The third-order valence-electron chi connectivity index (χ3n) is 7.49. The lowest BCUT2D eigenvalue weighted by atomic mass is 10.0. The molecular weight excluding hydrogens is 466 g/mol. The summed E-state index contributed by atoms with van der Waals surface area (Å²) in [5.41, 5.74) is 5.65. The van der Waals surface area contributed by atoms with Gasteiger partial charge in [0.15, 0.2) is 0 Å². The van der Waals surface area contributed by atoms with Gasteiger partial charge in [0.2, 0.25) is 11.9 Å². The zero-order chi connectivity index (χ0) is 25.4. The molecule has 6 rings (SSSR count). The lowest BCUT2D eigenvalue weighted by molar-refractivity contribution is -0.129. The van der Waals surface area contributed by atoms with Gasteiger partial charge in [-0.3, -0.25) is 4.79 Å². The molecular formula is C28H33N7O2. The van der Waals surface area contributed by atoms with Crippen molar-refractivity contribution >= 4 is 29.2 Å². The standard InChI is InChI=1S/C28H33N7O2/c1-20-4-3-5-22(18-20)26-24-7-9-35(27(24)31-28(30-26)34-14-16-37-17-15-34)23-6-8-29-25(19-23)33-12-10-32(11-13-33)21(2)36/h3-6,8,18-19H,7,9-17H2,1-2H3. The third kappa shape index (κ3) is 4.71. The van der Waals surface area contributed by atoms with E-state index in [1.54, 1.807) is 6.92 Å². The second-order valence-electron chi connectivity index (χ2n) is 9.91. The Labute approximate surface area is 217 Å². The first kappa shape index (κ1) is 23.7. The summed E-state index contributed by atoms with van der Waals surface area (Å²) >= 11 is 0. The van der Waals surface area contributed by atoms with Crippen molar-refractivity contribution in [2.45, 2.75) is 20.3 Å². The predicted octanol–water partition coefficient (Wildman–Crippen LogP) is 3.05. The van der Waals surface area contributed by atoms with Crippen LogP contribution < -0.4 is 14.7 Å². The molecule has 3 aliphatic rings. The van der Waals surface area contributed by atoms with Crippen molar-refractivity contribution in [3.05, 3.63) is 53.7 Å². The Morgan fingerprint density at radius 3 is 2.49 bits per heavy atom. The van der Waals surface area contributed by atoms with E-state index in [4.69, 9.17) is 14.7 Å². The number of fused-ring (bicyclic) bond motifs is 1. The Balaban J connectivity index is 1.36. The number of piperazine rings is 1. The molecule has 0 atom stereocenters. The minimum Gasteiger partial charge on any atom is -0.378 e. The smallest absolute Gasteiger partial charge is 0.228 e. The first-order chi connectivity index (χ1) is 18.1. The van der Waals surface area contributed by atoms with Crippen LogP contribution in [0.2, 0.25) is 0 Å². The average molecular weight is 500 g/mol. The van der Waals surface area contributed by atoms with Crippen LogP contribution in [-0.2, 0) is 16.0 Å². The van der Waals surface area contributed by atoms with Gasteiger partial charge in [-0.2, -0.15) is 4.98 Å². The molecule has 5 heterocycles. The monoisotopic (exact) mass is 499 g/mol. The maximum Gasteiger partial charge on any atom is 0.228 e. The molecule has 37 heavy (non-hydrogen) atoms. The van der Waals surface area contributed by atoms with E-state index in [9.17, 15) is 4.79 Å². The van der Waals surface area contributed by atoms with Crippen molar-refractivity contribution < 1.29 is 9.53 Å². The largest absolute Gasteiger partial charge is 0.378 e. The van der Waals surface area contributed by atoms with Gasteiger partial charge in [0.1, 0.15) is 11.6 Å². The SMILES string of the molecule is CC(=O)N1CCN(c2cc(N3CCc4c(-c5cccc(C)c5)nc(N5CCOCC5)nc43)ccn2)CC1. The number of benzene rings is 1. The molecule has 1 aromatic carbocycles. The van der Waals surface area contributed by atoms with Gasteiger partial charge in [-0.15, -0.1) is 0 Å². The van der Waals surface area contributed by atoms with Gasteiger partial charge in [-0.05, 0) is 25.5 Å². The number of nitrogens with zero attached hydrogens (tertiary/aromatic N) is 7. The second-order valence-corrected chi connectivity index (χ2v) is 9.91. The highest BCUT2D eigenvalue weighted by Gasteiger charge is 2.30. The Bertz CT molecular complexity index is 1300. The van der Waals surface area contributed by atoms with Crippen molar-refractivity contribution in [2.75, 3.05) is 73.7 Å². The van der Waals surface area contributed by atoms with Gasteiger partial charge in [-0.25, -0.2) is 9.97 Å². The van der Waals surface area contributed by atoms with Crippen molar-refractivity contribution in [3.8, 4) is 11.3 Å². The van der Waals surface area contributed by atoms with Gasteiger partial charge < -0.3 is 24.3 Å². The summed E-state index contributed by atoms with van der Waals surface area (Å²) in [6, 6.07) is 12.8. The number of carbonyl (C=O) groups is 1. The van der Waals surface area contributed by atoms with Crippen LogP contribution in [0.4, 0.5) is 23.3 Å². The Kier molecular flexibility index (Phi) is 6.38. The van der Waals surface area contributed by atoms with Crippen molar-refractivity contribution in [2.24, 2.45) is 0 Å². The van der Waals surface area contributed by atoms with E-state index >= 15 is 0 Å². The first-order valence-corrected chi connectivity index (χ1v) is 13.1. The zero-order valence-electron chi connectivity index (χ0n) is 21.6. The van der Waals surface area contributed by atoms with Gasteiger partial charge >= 0.3 is 0 Å². The normalized spacial score (nSPS) is 17.8. The summed E-state index contributed by atoms with van der Waals surface area (Å²) in [5, 5.41) is 0. The van der Waals surface area contributed by atoms with Crippen molar-refractivity contribution in [1.82, 2.24) is 19.9 Å². The van der Waals surface area contributed by atoms with E-state index in [0.717, 1.165) is 86.8 Å². The second kappa shape index (κ2) is 9.97. The van der Waals surface area contributed by atoms with Crippen LogP contribution >= 0.6 is 0 Å². The number of hydrogen-bond acceptors (Lipinski definition) is 8. The van der Waals surface area contributed by atoms with Gasteiger partial charge in [0.05, 0.1) is 18.9 Å². The quantitative estimate of drug-likeness (QED) is 0.542. The maximum atomic E-state index is 11.7. The number of hydrogen-bond donors (Lipinski definition) is 0. The average Bonchev–Trinajstić information content (AvgIpc) is 3.37. The molecule has 9 nitrogen and oxygen atoms in total. The van der Waals surface area contributed by atoms with E-state index in [-0.39, 0.29) is 5.91 Å². The van der Waals surface area contributed by atoms with E-state index in [1.807, 2.05) is 11.1 Å². The van der Waals surface area contributed by atoms with E-state index in [1.165, 1.54) is 11.1 Å². The van der Waals surface area contributed by atoms with Gasteiger partial charge in [-0.1, -0.05) is 23.8 Å². The van der Waals surface area contributed by atoms with Crippen LogP contribution in [0, 0.1) is 6.92 Å². The Morgan fingerprint density at radius 1 is 0.919 bits per heavy atom. The number of amides is 1. The Morgan fingerprint density at radius 2 is 1.73 bits per heavy atom. The van der Waals surface area contributed by atoms with Crippen LogP contribution in [0.5, 0.6) is 0 Å². The summed E-state index contributed by atoms with van der Waals surface area (Å²) in [7, 11) is 0. The fourth-order valence-electron chi connectivity index (χ4n) is 5.43. The number of anilines is 4. The molecule has 0 saturated carbocycles. The molecule has 2 aromatic heterocycles. The van der Waals surface area contributed by atoms with Crippen molar-refractivity contribution in [3.63, 3.8) is 0 Å². The molecule has 0 N–H and O–H groups in total. The molecule has 0 radical (unpaired) electrons. The number of pyridine rings is 1. The minimum absolute atomic E-state index is 0.134. The molecule has 0 unspecified atom stereocenters. The fraction of sp³-hybridized carbons (Fsp3) is 0.429. The number of ether oxygens (including phenoxy) is 1. The molecule has 1 amide bonds. The summed E-state index contributed by atoms with van der Waals surface area (Å²) in [4.78, 5) is 35.3. The molecule has 192 valence electrons. The molecule has 0 bridgehead atoms. The van der Waals surface area contributed by atoms with Crippen LogP contribution in [0.3, 0.4) is 0 Å². The molecule has 3 aromatic rings. The number of aromatic nitrogens is 3. The van der Waals surface area contributed by atoms with Gasteiger partial charge in [0.25, 0.3) is 0 Å². The van der Waals surface area contributed by atoms with Crippen LogP contribution in [0.15, 0.2) is 42.6 Å². The first-order valence-electron chi connectivity index (χ1n) is 13.1. The molecule has 2 saturated heterocycles. The van der Waals surface area contributed by atoms with Crippen LogP contribution in [0.25, 0.3) is 11.3 Å². The van der Waals surface area contributed by atoms with Crippen LogP contribution in [0.1, 0.15) is 18.1 Å². The van der Waals surface area contributed by atoms with Crippen LogP contribution in [-0.4, -0.2) is 84.8 Å². The molecule has 0 aliphatic carbocycles. The number of morpholine rings is 1.